The largest absolute Gasteiger partial charge is 0.495 e. The van der Waals surface area contributed by atoms with E-state index in [0.717, 1.165) is 0 Å². The number of hydrogen-bond donors (Lipinski definition) is 0. The molecule has 0 radical (unpaired) electrons. The summed E-state index contributed by atoms with van der Waals surface area (Å²) in [6, 6.07) is 4.94. The van der Waals surface area contributed by atoms with Crippen LogP contribution in [-0.4, -0.2) is 69.2 Å². The molecule has 0 spiro atoms. The Hall–Kier alpha value is -2.32. The van der Waals surface area contributed by atoms with Gasteiger partial charge in [0.05, 0.1) is 31.9 Å². The lowest BCUT2D eigenvalue weighted by molar-refractivity contribution is -0.156. The lowest BCUT2D eigenvalue weighted by Gasteiger charge is -2.26. The maximum atomic E-state index is 12.4. The number of morpholine rings is 1. The number of rotatable bonds is 5. The van der Waals surface area contributed by atoms with Crippen LogP contribution in [0.4, 0.5) is 5.69 Å². The molecule has 146 valence electrons. The Morgan fingerprint density at radius 2 is 2.04 bits per heavy atom. The second-order valence-corrected chi connectivity index (χ2v) is 6.76. The molecule has 0 N–H and O–H groups in total. The average Bonchev–Trinajstić information content (AvgIpc) is 3.08. The van der Waals surface area contributed by atoms with Crippen molar-refractivity contribution in [1.82, 2.24) is 4.90 Å². The summed E-state index contributed by atoms with van der Waals surface area (Å²) in [7, 11) is 1.50. The summed E-state index contributed by atoms with van der Waals surface area (Å²) >= 11 is 6.02. The number of benzene rings is 1. The van der Waals surface area contributed by atoms with Crippen LogP contribution in [0, 0.1) is 5.92 Å². The van der Waals surface area contributed by atoms with Gasteiger partial charge in [0, 0.05) is 31.1 Å². The molecular weight excluding hydrogens is 376 g/mol. The summed E-state index contributed by atoms with van der Waals surface area (Å²) < 4.78 is 15.6. The second-order valence-electron chi connectivity index (χ2n) is 6.32. The van der Waals surface area contributed by atoms with Gasteiger partial charge in [-0.25, -0.2) is 0 Å². The monoisotopic (exact) mass is 396 g/mol. The normalized spacial score (nSPS) is 19.9. The van der Waals surface area contributed by atoms with Crippen LogP contribution in [0.3, 0.4) is 0 Å². The quantitative estimate of drug-likeness (QED) is 0.693. The molecule has 1 aromatic rings. The maximum absolute atomic E-state index is 12.4. The first-order valence-electron chi connectivity index (χ1n) is 8.65. The molecule has 0 unspecified atom stereocenters. The Bertz CT molecular complexity index is 735. The molecule has 2 aliphatic rings. The highest BCUT2D eigenvalue weighted by Gasteiger charge is 2.37. The van der Waals surface area contributed by atoms with Crippen LogP contribution in [0.2, 0.25) is 5.02 Å². The number of carbonyl (C=O) groups is 3. The van der Waals surface area contributed by atoms with Crippen molar-refractivity contribution in [2.75, 3.05) is 51.5 Å². The van der Waals surface area contributed by atoms with Gasteiger partial charge in [0.1, 0.15) is 5.75 Å². The first-order chi connectivity index (χ1) is 13.0. The van der Waals surface area contributed by atoms with Gasteiger partial charge < -0.3 is 24.0 Å². The van der Waals surface area contributed by atoms with E-state index in [1.807, 2.05) is 0 Å². The van der Waals surface area contributed by atoms with Gasteiger partial charge in [-0.2, -0.15) is 0 Å². The van der Waals surface area contributed by atoms with Crippen molar-refractivity contribution < 1.29 is 28.6 Å². The predicted molar refractivity (Wildman–Crippen MR) is 96.8 cm³/mol. The summed E-state index contributed by atoms with van der Waals surface area (Å²) in [6.07, 6.45) is 0.0141. The fourth-order valence-corrected chi connectivity index (χ4v) is 3.29. The molecule has 2 fully saturated rings. The molecular formula is C18H21ClN2O6. The topological polar surface area (TPSA) is 85.4 Å². The van der Waals surface area contributed by atoms with Gasteiger partial charge in [0.2, 0.25) is 5.91 Å². The van der Waals surface area contributed by atoms with E-state index in [0.29, 0.717) is 42.8 Å². The number of methoxy groups -OCH3 is 1. The van der Waals surface area contributed by atoms with Crippen LogP contribution in [0.15, 0.2) is 18.2 Å². The molecule has 27 heavy (non-hydrogen) atoms. The molecule has 0 saturated carbocycles. The van der Waals surface area contributed by atoms with Crippen LogP contribution in [0.5, 0.6) is 5.75 Å². The number of hydrogen-bond acceptors (Lipinski definition) is 6. The number of halogens is 1. The third kappa shape index (κ3) is 4.51. The molecule has 0 aromatic heterocycles. The smallest absolute Gasteiger partial charge is 0.311 e. The Labute approximate surface area is 161 Å². The molecule has 2 heterocycles. The molecule has 1 atom stereocenters. The van der Waals surface area contributed by atoms with Crippen LogP contribution >= 0.6 is 11.6 Å². The highest BCUT2D eigenvalue weighted by molar-refractivity contribution is 6.31. The maximum Gasteiger partial charge on any atom is 0.311 e. The van der Waals surface area contributed by atoms with Gasteiger partial charge in [-0.05, 0) is 18.2 Å². The Morgan fingerprint density at radius 3 is 2.74 bits per heavy atom. The molecule has 0 aliphatic carbocycles. The zero-order valence-corrected chi connectivity index (χ0v) is 15.7. The van der Waals surface area contributed by atoms with Crippen molar-refractivity contribution >= 4 is 35.1 Å². The van der Waals surface area contributed by atoms with Crippen LogP contribution in [0.1, 0.15) is 6.42 Å². The van der Waals surface area contributed by atoms with Crippen molar-refractivity contribution in [2.45, 2.75) is 6.42 Å². The van der Waals surface area contributed by atoms with Crippen molar-refractivity contribution in [3.8, 4) is 5.75 Å². The number of anilines is 1. The molecule has 2 saturated heterocycles. The fraction of sp³-hybridized carbons (Fsp3) is 0.500. The Morgan fingerprint density at radius 1 is 1.30 bits per heavy atom. The summed E-state index contributed by atoms with van der Waals surface area (Å²) in [5, 5.41) is 0.459. The van der Waals surface area contributed by atoms with Crippen molar-refractivity contribution in [2.24, 2.45) is 5.92 Å². The zero-order chi connectivity index (χ0) is 19.4. The SMILES string of the molecule is COc1ccc(Cl)cc1N1C[C@@H](C(=O)OCC(=O)N2CCOCC2)CC1=O. The van der Waals surface area contributed by atoms with Gasteiger partial charge in [-0.15, -0.1) is 0 Å². The van der Waals surface area contributed by atoms with Crippen molar-refractivity contribution in [3.05, 3.63) is 23.2 Å². The highest BCUT2D eigenvalue weighted by atomic mass is 35.5. The van der Waals surface area contributed by atoms with E-state index in [1.54, 1.807) is 23.1 Å². The first-order valence-corrected chi connectivity index (χ1v) is 9.03. The Kier molecular flexibility index (Phi) is 6.18. The standard InChI is InChI=1S/C18H21ClN2O6/c1-25-15-3-2-13(19)9-14(15)21-10-12(8-16(21)22)18(24)27-11-17(23)20-4-6-26-7-5-20/h2-3,9,12H,4-8,10-11H2,1H3/t12-/m0/s1. The third-order valence-corrected chi connectivity index (χ3v) is 4.83. The van der Waals surface area contributed by atoms with Gasteiger partial charge in [0.15, 0.2) is 6.61 Å². The van der Waals surface area contributed by atoms with E-state index in [4.69, 9.17) is 25.8 Å². The predicted octanol–water partition coefficient (Wildman–Crippen LogP) is 1.10. The second kappa shape index (κ2) is 8.58. The molecule has 8 nitrogen and oxygen atoms in total. The number of carbonyl (C=O) groups excluding carboxylic acids is 3. The summed E-state index contributed by atoms with van der Waals surface area (Å²) in [5.74, 6) is -1.20. The molecule has 3 rings (SSSR count). The van der Waals surface area contributed by atoms with Gasteiger partial charge in [0.25, 0.3) is 5.91 Å². The van der Waals surface area contributed by atoms with E-state index in [-0.39, 0.29) is 31.4 Å². The van der Waals surface area contributed by atoms with Crippen LogP contribution < -0.4 is 9.64 Å². The average molecular weight is 397 g/mol. The van der Waals surface area contributed by atoms with Crippen molar-refractivity contribution in [3.63, 3.8) is 0 Å². The number of nitrogens with zero attached hydrogens (tertiary/aromatic N) is 2. The van der Waals surface area contributed by atoms with E-state index >= 15 is 0 Å². The van der Waals surface area contributed by atoms with Crippen LogP contribution in [-0.2, 0) is 23.9 Å². The molecule has 2 amide bonds. The molecule has 2 aliphatic heterocycles. The lowest BCUT2D eigenvalue weighted by atomic mass is 10.1. The number of esters is 1. The van der Waals surface area contributed by atoms with Gasteiger partial charge in [-0.1, -0.05) is 11.6 Å². The number of amides is 2. The lowest BCUT2D eigenvalue weighted by Crippen LogP contribution is -2.43. The summed E-state index contributed by atoms with van der Waals surface area (Å²) in [4.78, 5) is 39.8. The van der Waals surface area contributed by atoms with Gasteiger partial charge in [-0.3, -0.25) is 14.4 Å². The first kappa shape index (κ1) is 19.4. The van der Waals surface area contributed by atoms with Crippen LogP contribution in [0.25, 0.3) is 0 Å². The van der Waals surface area contributed by atoms with E-state index in [1.165, 1.54) is 12.0 Å². The Balaban J connectivity index is 1.59. The highest BCUT2D eigenvalue weighted by Crippen LogP contribution is 2.35. The van der Waals surface area contributed by atoms with Crippen molar-refractivity contribution in [1.29, 1.82) is 0 Å². The third-order valence-electron chi connectivity index (χ3n) is 4.59. The minimum absolute atomic E-state index is 0.0141. The minimum atomic E-state index is -0.640. The number of ether oxygens (including phenoxy) is 3. The fourth-order valence-electron chi connectivity index (χ4n) is 3.13. The van der Waals surface area contributed by atoms with Gasteiger partial charge >= 0.3 is 5.97 Å². The minimum Gasteiger partial charge on any atom is -0.495 e. The summed E-state index contributed by atoms with van der Waals surface area (Å²) in [6.45, 7) is 1.76. The van der Waals surface area contributed by atoms with E-state index in [9.17, 15) is 14.4 Å². The summed E-state index contributed by atoms with van der Waals surface area (Å²) in [5.41, 5.74) is 0.509. The zero-order valence-electron chi connectivity index (χ0n) is 15.0. The molecule has 9 heteroatoms. The molecule has 0 bridgehead atoms. The van der Waals surface area contributed by atoms with E-state index < -0.39 is 11.9 Å². The van der Waals surface area contributed by atoms with E-state index in [2.05, 4.69) is 0 Å². The molecule has 1 aromatic carbocycles.